The highest BCUT2D eigenvalue weighted by atomic mass is 35.5. The van der Waals surface area contributed by atoms with Gasteiger partial charge in [-0.2, -0.15) is 4.98 Å². The molecule has 1 unspecified atom stereocenters. The fourth-order valence-electron chi connectivity index (χ4n) is 4.60. The van der Waals surface area contributed by atoms with Crippen LogP contribution in [0.1, 0.15) is 38.8 Å². The summed E-state index contributed by atoms with van der Waals surface area (Å²) < 4.78 is 3.97. The number of nitrogens with one attached hydrogen (secondary N) is 1. The Kier molecular flexibility index (Phi) is 8.61. The number of aryl methyl sites for hydroxylation is 1. The fourth-order valence-corrected chi connectivity index (χ4v) is 4.60. The lowest BCUT2D eigenvalue weighted by Gasteiger charge is -2.28. The highest BCUT2D eigenvalue weighted by molar-refractivity contribution is 5.85. The van der Waals surface area contributed by atoms with Crippen LogP contribution in [-0.4, -0.2) is 55.9 Å². The third kappa shape index (κ3) is 4.64. The van der Waals surface area contributed by atoms with E-state index in [2.05, 4.69) is 17.2 Å². The first-order valence-corrected chi connectivity index (χ1v) is 11.9. The van der Waals surface area contributed by atoms with Crippen LogP contribution in [0.3, 0.4) is 0 Å². The van der Waals surface area contributed by atoms with Gasteiger partial charge in [0.15, 0.2) is 11.2 Å². The average Bonchev–Trinajstić information content (AvgIpc) is 3.25. The van der Waals surface area contributed by atoms with Crippen LogP contribution in [0.15, 0.2) is 33.9 Å². The Bertz CT molecular complexity index is 1440. The van der Waals surface area contributed by atoms with Crippen LogP contribution < -0.4 is 21.5 Å². The summed E-state index contributed by atoms with van der Waals surface area (Å²) in [5.74, 6) is 5.23. The number of imidazole rings is 1. The van der Waals surface area contributed by atoms with Gasteiger partial charge >= 0.3 is 11.7 Å². The van der Waals surface area contributed by atoms with Crippen molar-refractivity contribution in [2.75, 3.05) is 31.1 Å². The minimum Gasteiger partial charge on any atom is -0.480 e. The monoisotopic (exact) mass is 514 g/mol. The average molecular weight is 515 g/mol. The molecule has 0 bridgehead atoms. The number of hydrogen-bond acceptors (Lipinski definition) is 6. The topological polar surface area (TPSA) is 114 Å². The van der Waals surface area contributed by atoms with Crippen LogP contribution in [0.2, 0.25) is 0 Å². The van der Waals surface area contributed by atoms with Crippen LogP contribution in [0.4, 0.5) is 5.95 Å². The third-order valence-corrected chi connectivity index (χ3v) is 6.37. The van der Waals surface area contributed by atoms with Gasteiger partial charge in [-0.25, -0.2) is 14.2 Å². The molecule has 0 aliphatic carbocycles. The predicted octanol–water partition coefficient (Wildman–Crippen LogP) is 1.80. The zero-order valence-corrected chi connectivity index (χ0v) is 21.5. The number of aliphatic carboxylic acids is 1. The van der Waals surface area contributed by atoms with Gasteiger partial charge in [-0.05, 0) is 31.4 Å². The molecule has 36 heavy (non-hydrogen) atoms. The number of piperazine rings is 1. The summed E-state index contributed by atoms with van der Waals surface area (Å²) in [7, 11) is 0. The van der Waals surface area contributed by atoms with Crippen LogP contribution >= 0.6 is 12.4 Å². The molecule has 0 amide bonds. The molecule has 1 aliphatic rings. The van der Waals surface area contributed by atoms with Gasteiger partial charge in [0.25, 0.3) is 5.56 Å². The summed E-state index contributed by atoms with van der Waals surface area (Å²) in [6, 6.07) is 6.00. The molecule has 2 N–H and O–H groups in total. The van der Waals surface area contributed by atoms with Crippen molar-refractivity contribution in [3.05, 3.63) is 50.7 Å². The van der Waals surface area contributed by atoms with Crippen LogP contribution in [0, 0.1) is 11.8 Å². The summed E-state index contributed by atoms with van der Waals surface area (Å²) in [5, 5.41) is 13.3. The number of fused-ring (bicyclic) bond motifs is 1. The number of nitrogens with zero attached hydrogens (tertiary/aromatic N) is 5. The van der Waals surface area contributed by atoms with Crippen molar-refractivity contribution in [3.63, 3.8) is 0 Å². The van der Waals surface area contributed by atoms with E-state index in [-0.39, 0.29) is 36.5 Å². The molecular weight excluding hydrogens is 484 g/mol. The van der Waals surface area contributed by atoms with Crippen molar-refractivity contribution in [3.8, 4) is 17.5 Å². The normalized spacial score (nSPS) is 14.1. The number of para-hydroxylation sites is 1. The van der Waals surface area contributed by atoms with E-state index in [4.69, 9.17) is 4.98 Å². The molecule has 3 heterocycles. The largest absolute Gasteiger partial charge is 0.480 e. The van der Waals surface area contributed by atoms with Gasteiger partial charge in [-0.15, -0.1) is 18.3 Å². The smallest absolute Gasteiger partial charge is 0.338 e. The summed E-state index contributed by atoms with van der Waals surface area (Å²) >= 11 is 0. The molecule has 3 aromatic rings. The van der Waals surface area contributed by atoms with Gasteiger partial charge in [0.1, 0.15) is 6.04 Å². The lowest BCUT2D eigenvalue weighted by atomic mass is 10.1. The molecule has 0 saturated carbocycles. The van der Waals surface area contributed by atoms with Crippen molar-refractivity contribution in [2.24, 2.45) is 0 Å². The molecule has 1 saturated heterocycles. The lowest BCUT2D eigenvalue weighted by Crippen LogP contribution is -2.44. The Morgan fingerprint density at radius 2 is 1.89 bits per heavy atom. The zero-order valence-electron chi connectivity index (χ0n) is 20.7. The summed E-state index contributed by atoms with van der Waals surface area (Å²) in [6.45, 7) is 8.37. The van der Waals surface area contributed by atoms with Crippen molar-refractivity contribution in [1.82, 2.24) is 24.0 Å². The molecule has 1 atom stereocenters. The number of hydrogen-bond donors (Lipinski definition) is 2. The zero-order chi connectivity index (χ0) is 25.1. The van der Waals surface area contributed by atoms with Crippen molar-refractivity contribution >= 4 is 35.5 Å². The number of carboxylic acid groups (broad SMARTS) is 1. The van der Waals surface area contributed by atoms with Crippen molar-refractivity contribution in [2.45, 2.75) is 46.2 Å². The van der Waals surface area contributed by atoms with E-state index in [1.54, 1.807) is 30.5 Å². The minimum atomic E-state index is -1.18. The quantitative estimate of drug-likeness (QED) is 0.462. The Hall–Kier alpha value is -3.55. The molecular formula is C25H31ClN6O4. The number of rotatable bonds is 7. The Labute approximate surface area is 215 Å². The fraction of sp³-hybridized carbons (Fsp3) is 0.440. The molecule has 10 nitrogen and oxygen atoms in total. The predicted molar refractivity (Wildman–Crippen MR) is 142 cm³/mol. The van der Waals surface area contributed by atoms with Gasteiger partial charge in [0.05, 0.1) is 12.2 Å². The van der Waals surface area contributed by atoms with Gasteiger partial charge < -0.3 is 15.3 Å². The molecule has 1 aromatic carbocycles. The number of anilines is 1. The minimum absolute atomic E-state index is 0. The molecule has 4 rings (SSSR count). The SMILES string of the molecule is CC#CCn1c(N2CCNCC2)nc2c1c(=O)n(-c1ccccc1CC)c(=O)n2C(CC)C(=O)O.Cl. The Morgan fingerprint density at radius 3 is 2.50 bits per heavy atom. The van der Waals surface area contributed by atoms with E-state index < -0.39 is 23.3 Å². The van der Waals surface area contributed by atoms with Crippen LogP contribution in [0.5, 0.6) is 0 Å². The molecule has 192 valence electrons. The molecule has 0 spiro atoms. The van der Waals surface area contributed by atoms with E-state index in [9.17, 15) is 19.5 Å². The number of halogens is 1. The van der Waals surface area contributed by atoms with Gasteiger partial charge in [-0.1, -0.05) is 38.0 Å². The lowest BCUT2D eigenvalue weighted by molar-refractivity contribution is -0.141. The Morgan fingerprint density at radius 1 is 1.19 bits per heavy atom. The van der Waals surface area contributed by atoms with E-state index >= 15 is 0 Å². The summed E-state index contributed by atoms with van der Waals surface area (Å²) in [6.07, 6.45) is 0.755. The third-order valence-electron chi connectivity index (χ3n) is 6.37. The van der Waals surface area contributed by atoms with Crippen LogP contribution in [-0.2, 0) is 17.8 Å². The summed E-state index contributed by atoms with van der Waals surface area (Å²) in [4.78, 5) is 46.8. The number of aromatic nitrogens is 4. The first kappa shape index (κ1) is 27.0. The highest BCUT2D eigenvalue weighted by Crippen LogP contribution is 2.24. The maximum atomic E-state index is 14.0. The number of benzene rings is 1. The van der Waals surface area contributed by atoms with Gasteiger partial charge in [0, 0.05) is 26.2 Å². The number of carboxylic acids is 1. The van der Waals surface area contributed by atoms with E-state index in [1.807, 2.05) is 24.0 Å². The highest BCUT2D eigenvalue weighted by Gasteiger charge is 2.30. The molecule has 11 heteroatoms. The second-order valence-corrected chi connectivity index (χ2v) is 8.37. The number of carbonyl (C=O) groups is 1. The van der Waals surface area contributed by atoms with Gasteiger partial charge in [-0.3, -0.25) is 13.9 Å². The van der Waals surface area contributed by atoms with Crippen molar-refractivity contribution in [1.29, 1.82) is 0 Å². The van der Waals surface area contributed by atoms with Crippen molar-refractivity contribution < 1.29 is 9.90 Å². The molecule has 1 fully saturated rings. The molecule has 1 aliphatic heterocycles. The second-order valence-electron chi connectivity index (χ2n) is 8.37. The molecule has 0 radical (unpaired) electrons. The first-order chi connectivity index (χ1) is 16.9. The molecule has 2 aromatic heterocycles. The second kappa shape index (κ2) is 11.5. The van der Waals surface area contributed by atoms with Gasteiger partial charge in [0.2, 0.25) is 5.95 Å². The van der Waals surface area contributed by atoms with Crippen LogP contribution in [0.25, 0.3) is 16.9 Å². The summed E-state index contributed by atoms with van der Waals surface area (Å²) in [5.41, 5.74) is 0.254. The Balaban J connectivity index is 0.00000361. The maximum Gasteiger partial charge on any atom is 0.338 e. The first-order valence-electron chi connectivity index (χ1n) is 11.9. The van der Waals surface area contributed by atoms with E-state index in [0.29, 0.717) is 31.1 Å². The van der Waals surface area contributed by atoms with E-state index in [0.717, 1.165) is 27.8 Å². The van der Waals surface area contributed by atoms with E-state index in [1.165, 1.54) is 0 Å². The maximum absolute atomic E-state index is 14.0. The standard InChI is InChI=1S/C25H30N6O4.ClH/c1-4-7-14-29-20-21(27-24(29)28-15-12-26-13-16-28)30(18(6-3)23(33)34)25(35)31(22(20)32)19-11-9-8-10-17(19)5-2;/h8-11,18,26H,5-6,12-16H2,1-3H3,(H,33,34);1H.